The summed E-state index contributed by atoms with van der Waals surface area (Å²) in [6.45, 7) is 1.88. The number of aromatic nitrogens is 1. The number of hydrogen-bond acceptors (Lipinski definition) is 5. The van der Waals surface area contributed by atoms with Crippen LogP contribution in [0, 0.1) is 0 Å². The predicted octanol–water partition coefficient (Wildman–Crippen LogP) is 5.62. The van der Waals surface area contributed by atoms with E-state index >= 15 is 0 Å². The van der Waals surface area contributed by atoms with Crippen molar-refractivity contribution in [1.82, 2.24) is 4.98 Å². The molecule has 0 saturated carbocycles. The van der Waals surface area contributed by atoms with E-state index in [0.29, 0.717) is 17.5 Å². The highest BCUT2D eigenvalue weighted by Crippen LogP contribution is 2.39. The number of phosphoric ester groups is 1. The summed E-state index contributed by atoms with van der Waals surface area (Å²) < 4.78 is 61.4. The smallest absolute Gasteiger partial charge is 0.469 e. The van der Waals surface area contributed by atoms with Crippen molar-refractivity contribution >= 4 is 7.82 Å². The number of nitrogens with two attached hydrogens (primary N) is 1. The first-order valence-corrected chi connectivity index (χ1v) is 12.3. The van der Waals surface area contributed by atoms with Crippen LogP contribution in [-0.2, 0) is 15.3 Å². The van der Waals surface area contributed by atoms with Crippen molar-refractivity contribution < 1.29 is 36.8 Å². The molecule has 1 aromatic heterocycles. The van der Waals surface area contributed by atoms with Crippen LogP contribution in [0.1, 0.15) is 62.7 Å². The molecule has 1 unspecified atom stereocenters. The maximum absolute atomic E-state index is 13.6. The Kier molecular flexibility index (Phi) is 10.3. The first-order valence-electron chi connectivity index (χ1n) is 10.8. The highest BCUT2D eigenvalue weighted by Gasteiger charge is 2.34. The lowest BCUT2D eigenvalue weighted by Gasteiger charge is -2.16. The second-order valence-corrected chi connectivity index (χ2v) is 8.93. The zero-order valence-electron chi connectivity index (χ0n) is 18.4. The Morgan fingerprint density at radius 3 is 2.33 bits per heavy atom. The maximum Gasteiger partial charge on any atom is 0.469 e. The third-order valence-electron chi connectivity index (χ3n) is 4.96. The van der Waals surface area contributed by atoms with Crippen molar-refractivity contribution in [2.24, 2.45) is 5.73 Å². The molecule has 2 aromatic rings. The zero-order chi connectivity index (χ0) is 24.5. The summed E-state index contributed by atoms with van der Waals surface area (Å²) in [5.74, 6) is -0.207. The van der Waals surface area contributed by atoms with Gasteiger partial charge in [-0.3, -0.25) is 9.51 Å². The van der Waals surface area contributed by atoms with Gasteiger partial charge >= 0.3 is 14.0 Å². The molecule has 1 atom stereocenters. The molecule has 11 heteroatoms. The molecule has 0 fully saturated rings. The van der Waals surface area contributed by atoms with E-state index in [1.807, 2.05) is 0 Å². The fraction of sp³-hybridized carbons (Fsp3) is 0.500. The SMILES string of the molecule is CCCCCCCCOc1ccc(-c2ccc(C(N)COP(=O)(O)O)nc2)cc1C(F)(F)F. The summed E-state index contributed by atoms with van der Waals surface area (Å²) in [6, 6.07) is 5.95. The number of unbranched alkanes of at least 4 members (excludes halogenated alkanes) is 5. The fourth-order valence-corrected chi connectivity index (χ4v) is 3.53. The molecule has 184 valence electrons. The van der Waals surface area contributed by atoms with Gasteiger partial charge in [0.25, 0.3) is 0 Å². The normalized spacial score (nSPS) is 13.2. The van der Waals surface area contributed by atoms with E-state index in [1.165, 1.54) is 30.5 Å². The second kappa shape index (κ2) is 12.5. The number of rotatable bonds is 13. The van der Waals surface area contributed by atoms with E-state index < -0.39 is 32.2 Å². The average Bonchev–Trinajstić information content (AvgIpc) is 2.76. The molecule has 0 amide bonds. The number of hydrogen-bond donors (Lipinski definition) is 3. The summed E-state index contributed by atoms with van der Waals surface area (Å²) in [5.41, 5.74) is 5.93. The third kappa shape index (κ3) is 9.43. The van der Waals surface area contributed by atoms with Crippen LogP contribution in [0.5, 0.6) is 5.75 Å². The molecule has 4 N–H and O–H groups in total. The number of halogens is 3. The summed E-state index contributed by atoms with van der Waals surface area (Å²) in [4.78, 5) is 21.6. The van der Waals surface area contributed by atoms with Gasteiger partial charge in [-0.25, -0.2) is 4.57 Å². The van der Waals surface area contributed by atoms with Gasteiger partial charge in [0.05, 0.1) is 30.5 Å². The Balaban J connectivity index is 2.07. The van der Waals surface area contributed by atoms with Gasteiger partial charge in [0, 0.05) is 11.8 Å². The standard InChI is InChI=1S/C22H30F3N2O5P/c1-2-3-4-5-6-7-12-31-21-11-9-16(13-18(21)22(23,24)25)17-8-10-20(27-14-17)19(26)15-32-33(28,29)30/h8-11,13-14,19H,2-7,12,15,26H2,1H3,(H2,28,29,30). The van der Waals surface area contributed by atoms with Crippen LogP contribution < -0.4 is 10.5 Å². The molecule has 33 heavy (non-hydrogen) atoms. The number of phosphoric acid groups is 1. The minimum Gasteiger partial charge on any atom is -0.493 e. The zero-order valence-corrected chi connectivity index (χ0v) is 19.3. The van der Waals surface area contributed by atoms with Gasteiger partial charge in [0.2, 0.25) is 0 Å². The van der Waals surface area contributed by atoms with Crippen LogP contribution in [0.25, 0.3) is 11.1 Å². The first kappa shape index (κ1) is 27.3. The van der Waals surface area contributed by atoms with E-state index in [2.05, 4.69) is 16.4 Å². The Morgan fingerprint density at radius 2 is 1.73 bits per heavy atom. The summed E-state index contributed by atoms with van der Waals surface area (Å²) in [7, 11) is -4.67. The molecule has 0 bridgehead atoms. The fourth-order valence-electron chi connectivity index (χ4n) is 3.18. The highest BCUT2D eigenvalue weighted by molar-refractivity contribution is 7.46. The highest BCUT2D eigenvalue weighted by atomic mass is 31.2. The summed E-state index contributed by atoms with van der Waals surface area (Å²) in [6.07, 6.45) is 2.82. The number of benzene rings is 1. The lowest BCUT2D eigenvalue weighted by molar-refractivity contribution is -0.138. The molecule has 0 aliphatic heterocycles. The largest absolute Gasteiger partial charge is 0.493 e. The Morgan fingerprint density at radius 1 is 1.06 bits per heavy atom. The monoisotopic (exact) mass is 490 g/mol. The van der Waals surface area contributed by atoms with Gasteiger partial charge in [0.1, 0.15) is 5.75 Å². The average molecular weight is 490 g/mol. The van der Waals surface area contributed by atoms with Gasteiger partial charge in [-0.1, -0.05) is 51.2 Å². The molecule has 0 radical (unpaired) electrons. The number of pyridine rings is 1. The van der Waals surface area contributed by atoms with Crippen LogP contribution in [0.2, 0.25) is 0 Å². The molecule has 0 saturated heterocycles. The molecule has 0 spiro atoms. The quantitative estimate of drug-likeness (QED) is 0.247. The summed E-state index contributed by atoms with van der Waals surface area (Å²) in [5, 5.41) is 0. The Labute approximate surface area is 191 Å². The van der Waals surface area contributed by atoms with Gasteiger partial charge in [-0.05, 0) is 30.2 Å². The lowest BCUT2D eigenvalue weighted by atomic mass is 10.0. The van der Waals surface area contributed by atoms with Crippen LogP contribution in [0.15, 0.2) is 36.5 Å². The summed E-state index contributed by atoms with van der Waals surface area (Å²) >= 11 is 0. The van der Waals surface area contributed by atoms with Crippen LogP contribution >= 0.6 is 7.82 Å². The third-order valence-corrected chi connectivity index (χ3v) is 5.45. The molecular formula is C22H30F3N2O5P. The van der Waals surface area contributed by atoms with E-state index in [-0.39, 0.29) is 18.1 Å². The van der Waals surface area contributed by atoms with Gasteiger partial charge < -0.3 is 20.3 Å². The second-order valence-electron chi connectivity index (χ2n) is 7.69. The molecule has 0 aliphatic rings. The minimum absolute atomic E-state index is 0.207. The van der Waals surface area contributed by atoms with Crippen molar-refractivity contribution in [2.45, 2.75) is 57.7 Å². The number of alkyl halides is 3. The van der Waals surface area contributed by atoms with Crippen LogP contribution in [0.4, 0.5) is 13.2 Å². The van der Waals surface area contributed by atoms with E-state index in [1.54, 1.807) is 0 Å². The molecular weight excluding hydrogens is 460 g/mol. The minimum atomic E-state index is -4.67. The first-order chi connectivity index (χ1) is 15.5. The molecule has 0 aliphatic carbocycles. The van der Waals surface area contributed by atoms with Crippen molar-refractivity contribution in [1.29, 1.82) is 0 Å². The lowest BCUT2D eigenvalue weighted by Crippen LogP contribution is -2.17. The van der Waals surface area contributed by atoms with Crippen molar-refractivity contribution in [3.05, 3.63) is 47.8 Å². The topological polar surface area (TPSA) is 115 Å². The maximum atomic E-state index is 13.6. The van der Waals surface area contributed by atoms with Crippen molar-refractivity contribution in [3.8, 4) is 16.9 Å². The van der Waals surface area contributed by atoms with Crippen LogP contribution in [0.3, 0.4) is 0 Å². The Hall–Kier alpha value is -1.97. The number of ether oxygens (including phenoxy) is 1. The van der Waals surface area contributed by atoms with Gasteiger partial charge in [-0.2, -0.15) is 13.2 Å². The van der Waals surface area contributed by atoms with E-state index in [0.717, 1.165) is 38.2 Å². The molecule has 7 nitrogen and oxygen atoms in total. The van der Waals surface area contributed by atoms with E-state index in [9.17, 15) is 17.7 Å². The van der Waals surface area contributed by atoms with Crippen molar-refractivity contribution in [2.75, 3.05) is 13.2 Å². The van der Waals surface area contributed by atoms with Gasteiger partial charge in [0.15, 0.2) is 0 Å². The predicted molar refractivity (Wildman–Crippen MR) is 118 cm³/mol. The molecule has 1 aromatic carbocycles. The Bertz CT molecular complexity index is 919. The number of nitrogens with zero attached hydrogens (tertiary/aromatic N) is 1. The molecule has 1 heterocycles. The van der Waals surface area contributed by atoms with Crippen molar-refractivity contribution in [3.63, 3.8) is 0 Å². The van der Waals surface area contributed by atoms with Gasteiger partial charge in [-0.15, -0.1) is 0 Å². The van der Waals surface area contributed by atoms with Crippen LogP contribution in [-0.4, -0.2) is 28.0 Å². The molecule has 2 rings (SSSR count). The van der Waals surface area contributed by atoms with E-state index in [4.69, 9.17) is 20.3 Å².